The molecule has 1 aliphatic heterocycles. The number of hydrogen-bond donors (Lipinski definition) is 0. The number of allylic oxidation sites excluding steroid dienone is 1. The summed E-state index contributed by atoms with van der Waals surface area (Å²) in [6.07, 6.45) is 6.19. The van der Waals surface area contributed by atoms with Crippen LogP contribution in [0.3, 0.4) is 0 Å². The van der Waals surface area contributed by atoms with Gasteiger partial charge in [0, 0.05) is 12.2 Å². The van der Waals surface area contributed by atoms with Crippen LogP contribution >= 0.6 is 0 Å². The molecule has 33 heavy (non-hydrogen) atoms. The van der Waals surface area contributed by atoms with E-state index in [1.165, 1.54) is 12.7 Å². The van der Waals surface area contributed by atoms with Gasteiger partial charge in [0.15, 0.2) is 0 Å². The SMILES string of the molecule is COC(=O)C1=CN(C(=O)OC(C)(C)C)[C@H](CCC=C(c2ccccc2)c2ccccc2)CC1. The smallest absolute Gasteiger partial charge is 0.414 e. The van der Waals surface area contributed by atoms with Crippen molar-refractivity contribution >= 4 is 17.6 Å². The molecular formula is C28H33NO4. The van der Waals surface area contributed by atoms with Gasteiger partial charge in [-0.05, 0) is 63.2 Å². The van der Waals surface area contributed by atoms with E-state index in [4.69, 9.17) is 9.47 Å². The second-order valence-corrected chi connectivity index (χ2v) is 9.15. The van der Waals surface area contributed by atoms with Crippen molar-refractivity contribution in [1.29, 1.82) is 0 Å². The highest BCUT2D eigenvalue weighted by atomic mass is 16.6. The largest absolute Gasteiger partial charge is 0.466 e. The highest BCUT2D eigenvalue weighted by molar-refractivity contribution is 5.89. The predicted molar refractivity (Wildman–Crippen MR) is 130 cm³/mol. The average Bonchev–Trinajstić information content (AvgIpc) is 2.81. The van der Waals surface area contributed by atoms with Crippen molar-refractivity contribution in [2.45, 2.75) is 58.1 Å². The Balaban J connectivity index is 1.82. The molecule has 0 bridgehead atoms. The Bertz CT molecular complexity index is 962. The van der Waals surface area contributed by atoms with Gasteiger partial charge in [-0.2, -0.15) is 0 Å². The molecule has 0 aliphatic carbocycles. The topological polar surface area (TPSA) is 55.8 Å². The lowest BCUT2D eigenvalue weighted by Crippen LogP contribution is -2.42. The fraction of sp³-hybridized carbons (Fsp3) is 0.357. The second kappa shape index (κ2) is 11.0. The summed E-state index contributed by atoms with van der Waals surface area (Å²) < 4.78 is 10.5. The molecular weight excluding hydrogens is 414 g/mol. The fourth-order valence-corrected chi connectivity index (χ4v) is 3.94. The number of esters is 1. The molecule has 1 heterocycles. The zero-order chi connectivity index (χ0) is 23.8. The van der Waals surface area contributed by atoms with E-state index in [0.29, 0.717) is 18.4 Å². The number of rotatable bonds is 6. The van der Waals surface area contributed by atoms with Gasteiger partial charge in [0.1, 0.15) is 5.60 Å². The summed E-state index contributed by atoms with van der Waals surface area (Å²) in [4.78, 5) is 26.5. The molecule has 1 aliphatic rings. The monoisotopic (exact) mass is 447 g/mol. The number of hydrogen-bond acceptors (Lipinski definition) is 4. The van der Waals surface area contributed by atoms with Crippen LogP contribution in [-0.2, 0) is 14.3 Å². The number of amides is 1. The number of methoxy groups -OCH3 is 1. The molecule has 0 fully saturated rings. The van der Waals surface area contributed by atoms with Crippen molar-refractivity contribution in [1.82, 2.24) is 4.90 Å². The number of carbonyl (C=O) groups excluding carboxylic acids is 2. The van der Waals surface area contributed by atoms with Crippen LogP contribution in [0.4, 0.5) is 4.79 Å². The maximum Gasteiger partial charge on any atom is 0.414 e. The third-order valence-electron chi connectivity index (χ3n) is 5.51. The summed E-state index contributed by atoms with van der Waals surface area (Å²) in [5.41, 5.74) is 3.35. The first-order valence-corrected chi connectivity index (χ1v) is 11.4. The van der Waals surface area contributed by atoms with E-state index in [1.807, 2.05) is 57.2 Å². The molecule has 5 heteroatoms. The lowest BCUT2D eigenvalue weighted by atomic mass is 9.93. The molecule has 174 valence electrons. The van der Waals surface area contributed by atoms with Gasteiger partial charge in [0.25, 0.3) is 0 Å². The molecule has 0 spiro atoms. The van der Waals surface area contributed by atoms with E-state index in [2.05, 4.69) is 30.3 Å². The van der Waals surface area contributed by atoms with Crippen LogP contribution in [0.5, 0.6) is 0 Å². The highest BCUT2D eigenvalue weighted by Crippen LogP contribution is 2.29. The molecule has 0 radical (unpaired) electrons. The summed E-state index contributed by atoms with van der Waals surface area (Å²) >= 11 is 0. The van der Waals surface area contributed by atoms with Gasteiger partial charge in [0.05, 0.1) is 12.7 Å². The van der Waals surface area contributed by atoms with E-state index in [9.17, 15) is 9.59 Å². The highest BCUT2D eigenvalue weighted by Gasteiger charge is 2.31. The van der Waals surface area contributed by atoms with E-state index in [-0.39, 0.29) is 6.04 Å². The van der Waals surface area contributed by atoms with Crippen molar-refractivity contribution < 1.29 is 19.1 Å². The predicted octanol–water partition coefficient (Wildman–Crippen LogP) is 6.35. The Labute approximate surface area is 196 Å². The fourth-order valence-electron chi connectivity index (χ4n) is 3.94. The summed E-state index contributed by atoms with van der Waals surface area (Å²) in [5, 5.41) is 0. The lowest BCUT2D eigenvalue weighted by Gasteiger charge is -2.34. The number of carbonyl (C=O) groups is 2. The maximum absolute atomic E-state index is 12.9. The molecule has 0 unspecified atom stereocenters. The number of ether oxygens (including phenoxy) is 2. The van der Waals surface area contributed by atoms with Gasteiger partial charge >= 0.3 is 12.1 Å². The molecule has 0 aromatic heterocycles. The van der Waals surface area contributed by atoms with Gasteiger partial charge in [-0.3, -0.25) is 4.90 Å². The molecule has 1 amide bonds. The van der Waals surface area contributed by atoms with Gasteiger partial charge in [0.2, 0.25) is 0 Å². The molecule has 0 N–H and O–H groups in total. The zero-order valence-electron chi connectivity index (χ0n) is 19.9. The molecule has 2 aromatic carbocycles. The van der Waals surface area contributed by atoms with Crippen molar-refractivity contribution in [3.05, 3.63) is 89.6 Å². The zero-order valence-corrected chi connectivity index (χ0v) is 19.9. The van der Waals surface area contributed by atoms with Gasteiger partial charge in [-0.15, -0.1) is 0 Å². The van der Waals surface area contributed by atoms with Crippen LogP contribution in [0.25, 0.3) is 5.57 Å². The van der Waals surface area contributed by atoms with Crippen LogP contribution in [0.2, 0.25) is 0 Å². The van der Waals surface area contributed by atoms with Crippen LogP contribution in [0.1, 0.15) is 57.6 Å². The Morgan fingerprint density at radius 1 is 1.00 bits per heavy atom. The molecule has 5 nitrogen and oxygen atoms in total. The van der Waals surface area contributed by atoms with Crippen LogP contribution in [0, 0.1) is 0 Å². The molecule has 3 rings (SSSR count). The van der Waals surface area contributed by atoms with Crippen molar-refractivity contribution in [2.24, 2.45) is 0 Å². The first-order chi connectivity index (χ1) is 15.8. The first-order valence-electron chi connectivity index (χ1n) is 11.4. The van der Waals surface area contributed by atoms with Crippen molar-refractivity contribution in [3.63, 3.8) is 0 Å². The maximum atomic E-state index is 12.9. The standard InChI is InChI=1S/C28H33NO4/c1-28(2,3)33-27(31)29-20-23(26(30)32-4)18-19-24(29)16-11-17-25(21-12-7-5-8-13-21)22-14-9-6-10-15-22/h5-10,12-15,17,20,24H,11,16,18-19H2,1-4H3/t24-/m1/s1. The van der Waals surface area contributed by atoms with Gasteiger partial charge in [-0.25, -0.2) is 9.59 Å². The minimum Gasteiger partial charge on any atom is -0.466 e. The quantitative estimate of drug-likeness (QED) is 0.484. The third-order valence-corrected chi connectivity index (χ3v) is 5.51. The summed E-state index contributed by atoms with van der Waals surface area (Å²) in [7, 11) is 1.35. The Morgan fingerprint density at radius 2 is 1.58 bits per heavy atom. The molecule has 0 saturated heterocycles. The van der Waals surface area contributed by atoms with Crippen LogP contribution in [0.15, 0.2) is 78.5 Å². The van der Waals surface area contributed by atoms with Crippen molar-refractivity contribution in [3.8, 4) is 0 Å². The van der Waals surface area contributed by atoms with Gasteiger partial charge in [-0.1, -0.05) is 66.7 Å². The first kappa shape index (κ1) is 24.3. The van der Waals surface area contributed by atoms with Crippen LogP contribution < -0.4 is 0 Å². The van der Waals surface area contributed by atoms with E-state index >= 15 is 0 Å². The molecule has 2 aromatic rings. The van der Waals surface area contributed by atoms with Gasteiger partial charge < -0.3 is 9.47 Å². The minimum atomic E-state index is -0.619. The number of benzene rings is 2. The molecule has 0 saturated carbocycles. The van der Waals surface area contributed by atoms with E-state index in [1.54, 1.807) is 11.1 Å². The molecule has 1 atom stereocenters. The average molecular weight is 448 g/mol. The van der Waals surface area contributed by atoms with E-state index < -0.39 is 17.7 Å². The lowest BCUT2D eigenvalue weighted by molar-refractivity contribution is -0.136. The summed E-state index contributed by atoms with van der Waals surface area (Å²) in [6.45, 7) is 5.51. The summed E-state index contributed by atoms with van der Waals surface area (Å²) in [6, 6.07) is 20.6. The van der Waals surface area contributed by atoms with Crippen LogP contribution in [-0.4, -0.2) is 35.7 Å². The van der Waals surface area contributed by atoms with Crippen molar-refractivity contribution in [2.75, 3.05) is 7.11 Å². The Hall–Kier alpha value is -3.34. The second-order valence-electron chi connectivity index (χ2n) is 9.15. The Morgan fingerprint density at radius 3 is 2.09 bits per heavy atom. The normalized spacial score (nSPS) is 15.9. The van der Waals surface area contributed by atoms with E-state index in [0.717, 1.165) is 24.0 Å². The number of nitrogens with zero attached hydrogens (tertiary/aromatic N) is 1. The third kappa shape index (κ3) is 6.82. The summed E-state index contributed by atoms with van der Waals surface area (Å²) in [5.74, 6) is -0.405. The Kier molecular flexibility index (Phi) is 8.10. The minimum absolute atomic E-state index is 0.0581.